The van der Waals surface area contributed by atoms with Gasteiger partial charge >= 0.3 is 6.18 Å². The highest BCUT2D eigenvalue weighted by Crippen LogP contribution is 2.38. The quantitative estimate of drug-likeness (QED) is 0.388. The van der Waals surface area contributed by atoms with E-state index in [1.54, 1.807) is 0 Å². The number of anilines is 1. The summed E-state index contributed by atoms with van der Waals surface area (Å²) < 4.78 is 43.8. The zero-order valence-corrected chi connectivity index (χ0v) is 16.3. The van der Waals surface area contributed by atoms with Gasteiger partial charge in [0.15, 0.2) is 0 Å². The molecule has 0 radical (unpaired) electrons. The largest absolute Gasteiger partial charge is 0.456 e. The van der Waals surface area contributed by atoms with Gasteiger partial charge in [-0.1, -0.05) is 25.4 Å². The Kier molecular flexibility index (Phi) is 6.44. The van der Waals surface area contributed by atoms with Gasteiger partial charge in [-0.2, -0.15) is 13.2 Å². The van der Waals surface area contributed by atoms with Gasteiger partial charge in [-0.3, -0.25) is 10.1 Å². The van der Waals surface area contributed by atoms with Crippen molar-refractivity contribution in [2.24, 2.45) is 0 Å². The number of rotatable bonds is 7. The van der Waals surface area contributed by atoms with Gasteiger partial charge in [0.25, 0.3) is 5.69 Å². The number of nitrogens with zero attached hydrogens (tertiary/aromatic N) is 1. The highest BCUT2D eigenvalue weighted by molar-refractivity contribution is 6.32. The number of benzene rings is 2. The van der Waals surface area contributed by atoms with E-state index in [2.05, 4.69) is 5.32 Å². The van der Waals surface area contributed by atoms with Crippen molar-refractivity contribution in [1.82, 2.24) is 0 Å². The Balaban J connectivity index is 2.37. The maximum absolute atomic E-state index is 12.8. The van der Waals surface area contributed by atoms with Crippen molar-refractivity contribution in [3.8, 4) is 11.5 Å². The maximum atomic E-state index is 12.8. The molecule has 9 heteroatoms. The highest BCUT2D eigenvalue weighted by Gasteiger charge is 2.31. The number of alkyl halides is 3. The van der Waals surface area contributed by atoms with Gasteiger partial charge in [-0.15, -0.1) is 0 Å². The van der Waals surface area contributed by atoms with Crippen LogP contribution in [0.15, 0.2) is 36.4 Å². The van der Waals surface area contributed by atoms with Crippen LogP contribution in [0.4, 0.5) is 24.5 Å². The third kappa shape index (κ3) is 5.07. The number of nitro benzene ring substituents is 1. The standard InChI is InChI=1S/C19H20ClF3N2O3/c1-4-18(3,5-2)24-15-11-13(7-8-16(15)25(26)27)28-17-9-6-12(10-14(17)20)19(21,22)23/h6-11,24H,4-5H2,1-3H3. The van der Waals surface area contributed by atoms with Gasteiger partial charge in [0.2, 0.25) is 0 Å². The number of hydrogen-bond donors (Lipinski definition) is 1. The second-order valence-electron chi connectivity index (χ2n) is 6.57. The van der Waals surface area contributed by atoms with Crippen molar-refractivity contribution in [2.75, 3.05) is 5.32 Å². The predicted molar refractivity (Wildman–Crippen MR) is 102 cm³/mol. The molecule has 0 saturated carbocycles. The van der Waals surface area contributed by atoms with Crippen molar-refractivity contribution >= 4 is 23.0 Å². The fourth-order valence-electron chi connectivity index (χ4n) is 2.48. The third-order valence-electron chi connectivity index (χ3n) is 4.65. The molecule has 5 nitrogen and oxygen atoms in total. The Morgan fingerprint density at radius 1 is 1.14 bits per heavy atom. The maximum Gasteiger partial charge on any atom is 0.416 e. The number of ether oxygens (including phenoxy) is 1. The normalized spacial score (nSPS) is 12.0. The topological polar surface area (TPSA) is 64.4 Å². The lowest BCUT2D eigenvalue weighted by atomic mass is 9.95. The number of nitrogens with one attached hydrogen (secondary N) is 1. The van der Waals surface area contributed by atoms with Crippen LogP contribution in [0.2, 0.25) is 5.02 Å². The molecule has 0 aliphatic heterocycles. The van der Waals surface area contributed by atoms with E-state index in [-0.39, 0.29) is 33.4 Å². The SMILES string of the molecule is CCC(C)(CC)Nc1cc(Oc2ccc(C(F)(F)F)cc2Cl)ccc1[N+](=O)[O-]. The summed E-state index contributed by atoms with van der Waals surface area (Å²) in [6, 6.07) is 6.83. The minimum atomic E-state index is -4.52. The highest BCUT2D eigenvalue weighted by atomic mass is 35.5. The van der Waals surface area contributed by atoms with Crippen LogP contribution in [0.3, 0.4) is 0 Å². The van der Waals surface area contributed by atoms with E-state index in [1.807, 2.05) is 20.8 Å². The average Bonchev–Trinajstić information content (AvgIpc) is 2.62. The second-order valence-corrected chi connectivity index (χ2v) is 6.98. The van der Waals surface area contributed by atoms with E-state index in [0.29, 0.717) is 0 Å². The summed E-state index contributed by atoms with van der Waals surface area (Å²) in [5.41, 5.74) is -1.12. The van der Waals surface area contributed by atoms with Crippen molar-refractivity contribution < 1.29 is 22.8 Å². The minimum absolute atomic E-state index is 0.0169. The van der Waals surface area contributed by atoms with E-state index in [0.717, 1.165) is 31.0 Å². The second kappa shape index (κ2) is 8.26. The van der Waals surface area contributed by atoms with Crippen LogP contribution in [-0.2, 0) is 6.18 Å². The predicted octanol–water partition coefficient (Wildman–Crippen LogP) is 7.05. The Labute approximate surface area is 165 Å². The molecule has 152 valence electrons. The molecule has 0 fully saturated rings. The van der Waals surface area contributed by atoms with E-state index in [9.17, 15) is 23.3 Å². The molecule has 0 bridgehead atoms. The Morgan fingerprint density at radius 3 is 2.29 bits per heavy atom. The summed E-state index contributed by atoms with van der Waals surface area (Å²) in [6.07, 6.45) is -3.05. The van der Waals surface area contributed by atoms with E-state index in [4.69, 9.17) is 16.3 Å². The van der Waals surface area contributed by atoms with Crippen molar-refractivity contribution in [2.45, 2.75) is 45.3 Å². The number of hydrogen-bond acceptors (Lipinski definition) is 4. The van der Waals surface area contributed by atoms with Crippen LogP contribution in [0.1, 0.15) is 39.2 Å². The van der Waals surface area contributed by atoms with Crippen LogP contribution in [0.25, 0.3) is 0 Å². The van der Waals surface area contributed by atoms with E-state index >= 15 is 0 Å². The van der Waals surface area contributed by atoms with Crippen LogP contribution in [-0.4, -0.2) is 10.5 Å². The molecule has 0 aromatic heterocycles. The molecular formula is C19H20ClF3N2O3. The lowest BCUT2D eigenvalue weighted by molar-refractivity contribution is -0.384. The fourth-order valence-corrected chi connectivity index (χ4v) is 2.70. The summed E-state index contributed by atoms with van der Waals surface area (Å²) in [7, 11) is 0. The molecule has 0 aliphatic carbocycles. The van der Waals surface area contributed by atoms with Crippen LogP contribution in [0.5, 0.6) is 11.5 Å². The molecule has 0 unspecified atom stereocenters. The molecule has 2 aromatic carbocycles. The summed E-state index contributed by atoms with van der Waals surface area (Å²) in [4.78, 5) is 10.8. The van der Waals surface area contributed by atoms with Gasteiger partial charge in [0.05, 0.1) is 15.5 Å². The smallest absolute Gasteiger partial charge is 0.416 e. The molecule has 0 spiro atoms. The number of halogens is 4. The first-order valence-electron chi connectivity index (χ1n) is 8.60. The lowest BCUT2D eigenvalue weighted by Crippen LogP contribution is -2.33. The molecule has 0 aliphatic rings. The first-order valence-corrected chi connectivity index (χ1v) is 8.98. The first-order chi connectivity index (χ1) is 13.0. The summed E-state index contributed by atoms with van der Waals surface area (Å²) >= 11 is 5.91. The molecular weight excluding hydrogens is 397 g/mol. The molecule has 1 N–H and O–H groups in total. The van der Waals surface area contributed by atoms with Crippen LogP contribution in [0, 0.1) is 10.1 Å². The molecule has 2 rings (SSSR count). The molecule has 0 heterocycles. The van der Waals surface area contributed by atoms with Crippen molar-refractivity contribution in [3.05, 3.63) is 57.1 Å². The fraction of sp³-hybridized carbons (Fsp3) is 0.368. The first kappa shape index (κ1) is 21.8. The summed E-state index contributed by atoms with van der Waals surface area (Å²) in [5.74, 6) is 0.229. The molecule has 28 heavy (non-hydrogen) atoms. The van der Waals surface area contributed by atoms with Gasteiger partial charge in [-0.25, -0.2) is 0 Å². The third-order valence-corrected chi connectivity index (χ3v) is 4.94. The summed E-state index contributed by atoms with van der Waals surface area (Å²) in [6.45, 7) is 5.87. The van der Waals surface area contributed by atoms with Gasteiger partial charge in [0.1, 0.15) is 17.2 Å². The van der Waals surface area contributed by atoms with Crippen LogP contribution < -0.4 is 10.1 Å². The molecule has 0 saturated heterocycles. The molecule has 0 atom stereocenters. The van der Waals surface area contributed by atoms with E-state index in [1.165, 1.54) is 18.2 Å². The summed E-state index contributed by atoms with van der Waals surface area (Å²) in [5, 5.41) is 14.3. The van der Waals surface area contributed by atoms with Crippen molar-refractivity contribution in [1.29, 1.82) is 0 Å². The van der Waals surface area contributed by atoms with Crippen molar-refractivity contribution in [3.63, 3.8) is 0 Å². The molecule has 0 amide bonds. The van der Waals surface area contributed by atoms with Gasteiger partial charge in [0, 0.05) is 17.7 Å². The Bertz CT molecular complexity index is 868. The zero-order chi connectivity index (χ0) is 21.1. The Morgan fingerprint density at radius 2 is 1.79 bits per heavy atom. The Hall–Kier alpha value is -2.48. The van der Waals surface area contributed by atoms with E-state index < -0.39 is 16.7 Å². The monoisotopic (exact) mass is 416 g/mol. The van der Waals surface area contributed by atoms with Gasteiger partial charge in [-0.05, 0) is 44.0 Å². The average molecular weight is 417 g/mol. The zero-order valence-electron chi connectivity index (χ0n) is 15.6. The van der Waals surface area contributed by atoms with Gasteiger partial charge < -0.3 is 10.1 Å². The minimum Gasteiger partial charge on any atom is -0.456 e. The molecule has 2 aromatic rings. The van der Waals surface area contributed by atoms with Crippen LogP contribution >= 0.6 is 11.6 Å². The lowest BCUT2D eigenvalue weighted by Gasteiger charge is -2.29. The number of nitro groups is 1.